The second-order valence-electron chi connectivity index (χ2n) is 7.61. The van der Waals surface area contributed by atoms with E-state index in [1.807, 2.05) is 18.2 Å². The first-order valence-corrected chi connectivity index (χ1v) is 10.4. The number of thiocarbonyl (C=S) groups is 1. The van der Waals surface area contributed by atoms with Crippen LogP contribution in [-0.4, -0.2) is 55.2 Å². The van der Waals surface area contributed by atoms with Gasteiger partial charge in [-0.1, -0.05) is 25.3 Å². The quantitative estimate of drug-likeness (QED) is 0.748. The van der Waals surface area contributed by atoms with Crippen molar-refractivity contribution in [1.29, 1.82) is 0 Å². The van der Waals surface area contributed by atoms with Gasteiger partial charge in [0.25, 0.3) is 0 Å². The summed E-state index contributed by atoms with van der Waals surface area (Å²) in [6, 6.07) is 6.00. The maximum atomic E-state index is 5.56. The molecule has 27 heavy (non-hydrogen) atoms. The highest BCUT2D eigenvalue weighted by Gasteiger charge is 2.38. The molecule has 0 atom stereocenters. The maximum absolute atomic E-state index is 5.56. The fraction of sp³-hybridized carbons (Fsp3) is 0.650. The van der Waals surface area contributed by atoms with Gasteiger partial charge in [-0.3, -0.25) is 4.90 Å². The summed E-state index contributed by atoms with van der Waals surface area (Å²) in [5.41, 5.74) is 1.34. The minimum Gasteiger partial charge on any atom is -0.454 e. The molecule has 0 amide bonds. The smallest absolute Gasteiger partial charge is 0.231 e. The van der Waals surface area contributed by atoms with Crippen LogP contribution in [0.15, 0.2) is 18.2 Å². The van der Waals surface area contributed by atoms with Crippen LogP contribution < -0.4 is 20.1 Å². The van der Waals surface area contributed by atoms with Gasteiger partial charge in [-0.2, -0.15) is 0 Å². The summed E-state index contributed by atoms with van der Waals surface area (Å²) >= 11 is 5.55. The van der Waals surface area contributed by atoms with Crippen LogP contribution in [0.25, 0.3) is 0 Å². The molecule has 0 spiro atoms. The number of ether oxygens (including phenoxy) is 3. The van der Waals surface area contributed by atoms with Gasteiger partial charge in [-0.25, -0.2) is 0 Å². The lowest BCUT2D eigenvalue weighted by Gasteiger charge is -2.48. The van der Waals surface area contributed by atoms with Crippen LogP contribution in [0.5, 0.6) is 11.5 Å². The minimum absolute atomic E-state index is 0.215. The lowest BCUT2D eigenvalue weighted by atomic mass is 9.80. The summed E-state index contributed by atoms with van der Waals surface area (Å²) in [7, 11) is 0. The molecule has 2 fully saturated rings. The topological polar surface area (TPSA) is 55.0 Å². The molecule has 2 heterocycles. The van der Waals surface area contributed by atoms with Crippen molar-refractivity contribution in [3.63, 3.8) is 0 Å². The van der Waals surface area contributed by atoms with Gasteiger partial charge >= 0.3 is 0 Å². The number of hydrogen-bond donors (Lipinski definition) is 2. The summed E-state index contributed by atoms with van der Waals surface area (Å²) in [4.78, 5) is 2.63. The Morgan fingerprint density at radius 1 is 1.04 bits per heavy atom. The number of hydrogen-bond acceptors (Lipinski definition) is 5. The van der Waals surface area contributed by atoms with Crippen LogP contribution in [0.3, 0.4) is 0 Å². The Kier molecular flexibility index (Phi) is 6.00. The van der Waals surface area contributed by atoms with E-state index < -0.39 is 0 Å². The number of rotatable bonds is 5. The van der Waals surface area contributed by atoms with Gasteiger partial charge in [0.15, 0.2) is 16.6 Å². The van der Waals surface area contributed by atoms with Crippen LogP contribution in [0.4, 0.5) is 0 Å². The van der Waals surface area contributed by atoms with Crippen molar-refractivity contribution in [2.45, 2.75) is 44.2 Å². The van der Waals surface area contributed by atoms with Gasteiger partial charge in [0.2, 0.25) is 6.79 Å². The molecule has 3 aliphatic rings. The summed E-state index contributed by atoms with van der Waals surface area (Å²) < 4.78 is 16.4. The van der Waals surface area contributed by atoms with E-state index in [9.17, 15) is 0 Å². The first-order valence-electron chi connectivity index (χ1n) is 9.98. The van der Waals surface area contributed by atoms with Crippen molar-refractivity contribution in [3.05, 3.63) is 23.8 Å². The molecular formula is C20H29N3O3S. The third-order valence-electron chi connectivity index (χ3n) is 5.93. The molecule has 2 aliphatic heterocycles. The number of nitrogens with one attached hydrogen (secondary N) is 2. The standard InChI is InChI=1S/C20H29N3O3S/c27-19(21-13-16-4-5-17-18(12-16)26-15-25-17)22-14-20(6-2-1-3-7-20)23-8-10-24-11-9-23/h4-5,12H,1-3,6-11,13-15H2,(H2,21,22,27). The van der Waals surface area contributed by atoms with Crippen LogP contribution in [0, 0.1) is 0 Å². The Morgan fingerprint density at radius 2 is 1.81 bits per heavy atom. The molecule has 1 aromatic rings. The van der Waals surface area contributed by atoms with Crippen molar-refractivity contribution >= 4 is 17.3 Å². The fourth-order valence-corrected chi connectivity index (χ4v) is 4.54. The molecule has 1 aromatic carbocycles. The van der Waals surface area contributed by atoms with Crippen LogP contribution in [0.1, 0.15) is 37.7 Å². The summed E-state index contributed by atoms with van der Waals surface area (Å²) in [5, 5.41) is 7.54. The van der Waals surface area contributed by atoms with E-state index in [1.54, 1.807) is 0 Å². The van der Waals surface area contributed by atoms with Crippen LogP contribution >= 0.6 is 12.2 Å². The Hall–Kier alpha value is -1.57. The van der Waals surface area contributed by atoms with E-state index >= 15 is 0 Å². The number of morpholine rings is 1. The van der Waals surface area contributed by atoms with Gasteiger partial charge in [0.1, 0.15) is 0 Å². The number of nitrogens with zero attached hydrogens (tertiary/aromatic N) is 1. The summed E-state index contributed by atoms with van der Waals surface area (Å²) in [6.45, 7) is 5.62. The third-order valence-corrected chi connectivity index (χ3v) is 6.22. The Balaban J connectivity index is 1.30. The van der Waals surface area contributed by atoms with Crippen molar-refractivity contribution in [2.24, 2.45) is 0 Å². The molecule has 148 valence electrons. The van der Waals surface area contributed by atoms with Gasteiger partial charge in [-0.15, -0.1) is 0 Å². The molecule has 1 aliphatic carbocycles. The average molecular weight is 392 g/mol. The van der Waals surface area contributed by atoms with Gasteiger partial charge in [0, 0.05) is 31.7 Å². The van der Waals surface area contributed by atoms with Crippen molar-refractivity contribution in [1.82, 2.24) is 15.5 Å². The lowest BCUT2D eigenvalue weighted by molar-refractivity contribution is -0.0352. The molecule has 0 unspecified atom stereocenters. The Morgan fingerprint density at radius 3 is 2.63 bits per heavy atom. The predicted molar refractivity (Wildman–Crippen MR) is 108 cm³/mol. The first-order chi connectivity index (χ1) is 13.3. The highest BCUT2D eigenvalue weighted by Crippen LogP contribution is 2.34. The zero-order chi connectivity index (χ0) is 18.5. The number of fused-ring (bicyclic) bond motifs is 1. The highest BCUT2D eigenvalue weighted by atomic mass is 32.1. The van der Waals surface area contributed by atoms with E-state index in [0.717, 1.165) is 49.9 Å². The van der Waals surface area contributed by atoms with Crippen LogP contribution in [0.2, 0.25) is 0 Å². The summed E-state index contributed by atoms with van der Waals surface area (Å²) in [5.74, 6) is 1.62. The lowest BCUT2D eigenvalue weighted by Crippen LogP contribution is -2.60. The third kappa shape index (κ3) is 4.47. The molecule has 0 aromatic heterocycles. The number of benzene rings is 1. The van der Waals surface area contributed by atoms with Gasteiger partial charge < -0.3 is 24.8 Å². The van der Waals surface area contributed by atoms with E-state index in [4.69, 9.17) is 26.4 Å². The largest absolute Gasteiger partial charge is 0.454 e. The molecule has 0 radical (unpaired) electrons. The zero-order valence-electron chi connectivity index (χ0n) is 15.8. The molecule has 4 rings (SSSR count). The molecule has 1 saturated carbocycles. The van der Waals surface area contributed by atoms with Crippen molar-refractivity contribution < 1.29 is 14.2 Å². The predicted octanol–water partition coefficient (Wildman–Crippen LogP) is 2.41. The normalized spacial score (nSPS) is 21.6. The monoisotopic (exact) mass is 391 g/mol. The molecular weight excluding hydrogens is 362 g/mol. The van der Waals surface area contributed by atoms with Gasteiger partial charge in [0.05, 0.1) is 13.2 Å². The fourth-order valence-electron chi connectivity index (χ4n) is 4.39. The molecule has 6 nitrogen and oxygen atoms in total. The second-order valence-corrected chi connectivity index (χ2v) is 8.02. The van der Waals surface area contributed by atoms with Crippen molar-refractivity contribution in [2.75, 3.05) is 39.6 Å². The Bertz CT molecular complexity index is 658. The second kappa shape index (κ2) is 8.63. The SMILES string of the molecule is S=C(NCc1ccc2c(c1)OCO2)NCC1(N2CCOCC2)CCCCC1. The maximum Gasteiger partial charge on any atom is 0.231 e. The van der Waals surface area contributed by atoms with E-state index in [1.165, 1.54) is 32.1 Å². The van der Waals surface area contributed by atoms with E-state index in [0.29, 0.717) is 18.5 Å². The van der Waals surface area contributed by atoms with E-state index in [2.05, 4.69) is 15.5 Å². The molecule has 2 N–H and O–H groups in total. The average Bonchev–Trinajstić information content (AvgIpc) is 3.20. The zero-order valence-corrected chi connectivity index (χ0v) is 16.6. The Labute approximate surface area is 166 Å². The van der Waals surface area contributed by atoms with Gasteiger partial charge in [-0.05, 0) is 42.8 Å². The highest BCUT2D eigenvalue weighted by molar-refractivity contribution is 7.80. The molecule has 7 heteroatoms. The first kappa shape index (κ1) is 18.8. The molecule has 0 bridgehead atoms. The summed E-state index contributed by atoms with van der Waals surface area (Å²) in [6.07, 6.45) is 6.43. The van der Waals surface area contributed by atoms with E-state index in [-0.39, 0.29) is 5.54 Å². The molecule has 1 saturated heterocycles. The van der Waals surface area contributed by atoms with Crippen molar-refractivity contribution in [3.8, 4) is 11.5 Å². The minimum atomic E-state index is 0.215. The van der Waals surface area contributed by atoms with Crippen LogP contribution in [-0.2, 0) is 11.3 Å².